The van der Waals surface area contributed by atoms with Crippen LogP contribution in [0.15, 0.2) is 48.5 Å². The Balaban J connectivity index is 1.70. The van der Waals surface area contributed by atoms with Crippen molar-refractivity contribution < 1.29 is 14.3 Å². The van der Waals surface area contributed by atoms with Crippen LogP contribution in [0.25, 0.3) is 0 Å². The third kappa shape index (κ3) is 3.30. The number of nitrogens with one attached hydrogen (secondary N) is 1. The summed E-state index contributed by atoms with van der Waals surface area (Å²) in [5.74, 6) is 0.0151. The number of carbonyl (C=O) groups excluding carboxylic acids is 2. The summed E-state index contributed by atoms with van der Waals surface area (Å²) in [6.07, 6.45) is 0. The van der Waals surface area contributed by atoms with E-state index in [1.165, 1.54) is 0 Å². The lowest BCUT2D eigenvalue weighted by atomic mass is 9.92. The molecule has 0 aromatic heterocycles. The molecule has 0 spiro atoms. The van der Waals surface area contributed by atoms with Crippen molar-refractivity contribution >= 4 is 35.1 Å². The zero-order valence-electron chi connectivity index (χ0n) is 13.5. The quantitative estimate of drug-likeness (QED) is 0.804. The van der Waals surface area contributed by atoms with E-state index in [4.69, 9.17) is 27.9 Å². The Hall–Kier alpha value is -2.24. The highest BCUT2D eigenvalue weighted by atomic mass is 35.5. The van der Waals surface area contributed by atoms with Crippen molar-refractivity contribution in [2.45, 2.75) is 12.5 Å². The van der Waals surface area contributed by atoms with Crippen LogP contribution < -0.4 is 10.1 Å². The smallest absolute Gasteiger partial charge is 0.325 e. The minimum absolute atomic E-state index is 0.0908. The first-order valence-corrected chi connectivity index (χ1v) is 8.45. The van der Waals surface area contributed by atoms with Gasteiger partial charge in [-0.1, -0.05) is 59.6 Å². The van der Waals surface area contributed by atoms with Gasteiger partial charge in [-0.15, -0.1) is 0 Å². The Morgan fingerprint density at radius 3 is 2.32 bits per heavy atom. The fraction of sp³-hybridized carbons (Fsp3) is 0.222. The number of urea groups is 1. The molecule has 0 saturated carbocycles. The van der Waals surface area contributed by atoms with Crippen LogP contribution in [0.3, 0.4) is 0 Å². The number of hydrogen-bond acceptors (Lipinski definition) is 3. The van der Waals surface area contributed by atoms with Gasteiger partial charge < -0.3 is 10.1 Å². The molecule has 1 fully saturated rings. The van der Waals surface area contributed by atoms with Crippen molar-refractivity contribution in [1.82, 2.24) is 10.2 Å². The Morgan fingerprint density at radius 2 is 1.68 bits per heavy atom. The number of imide groups is 1. The molecule has 1 aliphatic heterocycles. The Morgan fingerprint density at radius 1 is 1.04 bits per heavy atom. The molecule has 1 N–H and O–H groups in total. The third-order valence-corrected chi connectivity index (χ3v) is 4.70. The predicted octanol–water partition coefficient (Wildman–Crippen LogP) is 3.84. The number of carbonyl (C=O) groups is 2. The summed E-state index contributed by atoms with van der Waals surface area (Å²) in [4.78, 5) is 26.1. The van der Waals surface area contributed by atoms with E-state index in [0.717, 1.165) is 10.5 Å². The second-order valence-electron chi connectivity index (χ2n) is 5.78. The third-order valence-electron chi connectivity index (χ3n) is 4.11. The highest BCUT2D eigenvalue weighted by Gasteiger charge is 2.48. The maximum absolute atomic E-state index is 12.7. The number of nitrogens with zero attached hydrogens (tertiary/aromatic N) is 1. The zero-order chi connectivity index (χ0) is 18.0. The van der Waals surface area contributed by atoms with Crippen molar-refractivity contribution in [1.29, 1.82) is 0 Å². The average molecular weight is 379 g/mol. The van der Waals surface area contributed by atoms with Crippen molar-refractivity contribution in [2.75, 3.05) is 13.2 Å². The molecule has 1 atom stereocenters. The fourth-order valence-corrected chi connectivity index (χ4v) is 3.23. The second kappa shape index (κ2) is 6.94. The number of halogens is 2. The van der Waals surface area contributed by atoms with Gasteiger partial charge >= 0.3 is 6.03 Å². The van der Waals surface area contributed by atoms with Gasteiger partial charge in [-0.2, -0.15) is 0 Å². The number of amides is 3. The molecule has 1 aliphatic rings. The lowest BCUT2D eigenvalue weighted by Crippen LogP contribution is -2.41. The monoisotopic (exact) mass is 378 g/mol. The van der Waals surface area contributed by atoms with Crippen LogP contribution in [0.5, 0.6) is 5.75 Å². The normalized spacial score (nSPS) is 19.9. The van der Waals surface area contributed by atoms with Crippen LogP contribution in [0.2, 0.25) is 10.0 Å². The van der Waals surface area contributed by atoms with Crippen LogP contribution in [-0.2, 0) is 10.3 Å². The molecular formula is C18H16Cl2N2O3. The maximum atomic E-state index is 12.7. The molecule has 2 aromatic carbocycles. The van der Waals surface area contributed by atoms with Crippen molar-refractivity contribution in [3.8, 4) is 5.75 Å². The van der Waals surface area contributed by atoms with Crippen molar-refractivity contribution in [3.63, 3.8) is 0 Å². The van der Waals surface area contributed by atoms with Gasteiger partial charge in [0.25, 0.3) is 5.91 Å². The average Bonchev–Trinajstić information content (AvgIpc) is 2.82. The van der Waals surface area contributed by atoms with Crippen LogP contribution in [0, 0.1) is 0 Å². The largest absolute Gasteiger partial charge is 0.489 e. The van der Waals surface area contributed by atoms with E-state index in [0.29, 0.717) is 15.8 Å². The van der Waals surface area contributed by atoms with E-state index in [9.17, 15) is 9.59 Å². The number of benzene rings is 2. The summed E-state index contributed by atoms with van der Waals surface area (Å²) < 4.78 is 5.56. The first-order chi connectivity index (χ1) is 11.9. The minimum Gasteiger partial charge on any atom is -0.489 e. The number of para-hydroxylation sites is 1. The summed E-state index contributed by atoms with van der Waals surface area (Å²) in [7, 11) is 0. The Kier molecular flexibility index (Phi) is 4.88. The number of ether oxygens (including phenoxy) is 1. The van der Waals surface area contributed by atoms with Crippen LogP contribution in [0.4, 0.5) is 4.79 Å². The summed E-state index contributed by atoms with van der Waals surface area (Å²) in [6.45, 7) is 1.87. The van der Waals surface area contributed by atoms with Gasteiger partial charge in [-0.25, -0.2) is 4.79 Å². The van der Waals surface area contributed by atoms with Crippen LogP contribution in [0.1, 0.15) is 12.5 Å². The van der Waals surface area contributed by atoms with Gasteiger partial charge in [0.05, 0.1) is 16.6 Å². The fourth-order valence-electron chi connectivity index (χ4n) is 2.73. The van der Waals surface area contributed by atoms with E-state index >= 15 is 0 Å². The van der Waals surface area contributed by atoms with E-state index < -0.39 is 11.6 Å². The standard InChI is InChI=1S/C18H16Cl2N2O3/c1-18(12-6-3-2-4-7-12)16(23)22(17(24)21-18)10-11-25-15-13(19)8-5-9-14(15)20/h2-9H,10-11H2,1H3,(H,21,24). The first kappa shape index (κ1) is 17.6. The summed E-state index contributed by atoms with van der Waals surface area (Å²) in [6, 6.07) is 13.7. The molecule has 0 bridgehead atoms. The molecular weight excluding hydrogens is 363 g/mol. The van der Waals surface area contributed by atoms with Crippen LogP contribution >= 0.6 is 23.2 Å². The lowest BCUT2D eigenvalue weighted by molar-refractivity contribution is -0.131. The van der Waals surface area contributed by atoms with E-state index in [1.54, 1.807) is 25.1 Å². The van der Waals surface area contributed by atoms with Gasteiger partial charge in [0, 0.05) is 0 Å². The maximum Gasteiger partial charge on any atom is 0.325 e. The van der Waals surface area contributed by atoms with E-state index in [2.05, 4.69) is 5.32 Å². The topological polar surface area (TPSA) is 58.6 Å². The van der Waals surface area contributed by atoms with Gasteiger partial charge in [0.1, 0.15) is 12.1 Å². The number of hydrogen-bond donors (Lipinski definition) is 1. The van der Waals surface area contributed by atoms with E-state index in [-0.39, 0.29) is 19.1 Å². The molecule has 1 unspecified atom stereocenters. The molecule has 130 valence electrons. The molecule has 1 heterocycles. The Labute approximate surface area is 155 Å². The molecule has 5 nitrogen and oxygen atoms in total. The molecule has 3 rings (SSSR count). The molecule has 3 amide bonds. The highest BCUT2D eigenvalue weighted by molar-refractivity contribution is 6.37. The van der Waals surface area contributed by atoms with E-state index in [1.807, 2.05) is 30.3 Å². The SMILES string of the molecule is CC1(c2ccccc2)NC(=O)N(CCOc2c(Cl)cccc2Cl)C1=O. The molecule has 1 saturated heterocycles. The minimum atomic E-state index is -1.08. The lowest BCUT2D eigenvalue weighted by Gasteiger charge is -2.22. The van der Waals surface area contributed by atoms with Crippen molar-refractivity contribution in [3.05, 3.63) is 64.1 Å². The highest BCUT2D eigenvalue weighted by Crippen LogP contribution is 2.33. The molecule has 0 radical (unpaired) electrons. The van der Waals surface area contributed by atoms with Gasteiger partial charge in [0.15, 0.2) is 5.75 Å². The van der Waals surface area contributed by atoms with Crippen molar-refractivity contribution in [2.24, 2.45) is 0 Å². The summed E-state index contributed by atoms with van der Waals surface area (Å²) >= 11 is 12.1. The molecule has 0 aliphatic carbocycles. The van der Waals surface area contributed by atoms with Gasteiger partial charge in [0.2, 0.25) is 0 Å². The van der Waals surface area contributed by atoms with Gasteiger partial charge in [-0.05, 0) is 24.6 Å². The first-order valence-electron chi connectivity index (χ1n) is 7.70. The van der Waals surface area contributed by atoms with Gasteiger partial charge in [-0.3, -0.25) is 9.69 Å². The number of rotatable bonds is 5. The second-order valence-corrected chi connectivity index (χ2v) is 6.59. The predicted molar refractivity (Wildman–Crippen MR) is 96.0 cm³/mol. The Bertz CT molecular complexity index is 793. The van der Waals surface area contributed by atoms with Crippen LogP contribution in [-0.4, -0.2) is 30.0 Å². The summed E-state index contributed by atoms with van der Waals surface area (Å²) in [5, 5.41) is 3.50. The summed E-state index contributed by atoms with van der Waals surface area (Å²) in [5.41, 5.74) is -0.355. The molecule has 25 heavy (non-hydrogen) atoms. The molecule has 2 aromatic rings. The zero-order valence-corrected chi connectivity index (χ0v) is 15.0. The molecule has 7 heteroatoms.